The van der Waals surface area contributed by atoms with Crippen LogP contribution in [0.2, 0.25) is 0 Å². The third-order valence-electron chi connectivity index (χ3n) is 6.30. The Labute approximate surface area is 141 Å². The van der Waals surface area contributed by atoms with E-state index in [1.165, 1.54) is 18.9 Å². The Morgan fingerprint density at radius 3 is 2.75 bits per heavy atom. The van der Waals surface area contributed by atoms with Crippen LogP contribution in [0.5, 0.6) is 0 Å². The van der Waals surface area contributed by atoms with Gasteiger partial charge in [0.15, 0.2) is 12.4 Å². The Morgan fingerprint density at radius 2 is 1.96 bits per heavy atom. The average molecular weight is 330 g/mol. The van der Waals surface area contributed by atoms with Crippen molar-refractivity contribution in [2.75, 3.05) is 0 Å². The summed E-state index contributed by atoms with van der Waals surface area (Å²) in [4.78, 5) is 11.5. The van der Waals surface area contributed by atoms with Crippen LogP contribution in [-0.2, 0) is 23.7 Å². The molecule has 4 fully saturated rings. The SMILES string of the molecule is CC(=O)O[C@@H]1O[C@H]2C[C@]34CCCC[C@@]3(O2)C1O[C@H]4c1ccccc1. The normalized spacial score (nSPS) is 45.7. The molecule has 3 heterocycles. The van der Waals surface area contributed by atoms with Crippen molar-refractivity contribution < 1.29 is 23.7 Å². The van der Waals surface area contributed by atoms with Gasteiger partial charge in [0.1, 0.15) is 5.60 Å². The number of rotatable bonds is 2. The minimum absolute atomic E-state index is 0.0315. The van der Waals surface area contributed by atoms with Gasteiger partial charge in [0.25, 0.3) is 0 Å². The van der Waals surface area contributed by atoms with Gasteiger partial charge in [0.05, 0.1) is 6.10 Å². The molecule has 5 rings (SSSR count). The zero-order valence-corrected chi connectivity index (χ0v) is 13.8. The molecule has 2 bridgehead atoms. The Morgan fingerprint density at radius 1 is 1.17 bits per heavy atom. The van der Waals surface area contributed by atoms with Gasteiger partial charge in [-0.25, -0.2) is 0 Å². The lowest BCUT2D eigenvalue weighted by Gasteiger charge is -2.47. The fraction of sp³-hybridized carbons (Fsp3) is 0.632. The Hall–Kier alpha value is -1.43. The maximum Gasteiger partial charge on any atom is 0.305 e. The van der Waals surface area contributed by atoms with E-state index in [2.05, 4.69) is 12.1 Å². The summed E-state index contributed by atoms with van der Waals surface area (Å²) in [5.41, 5.74) is 0.699. The van der Waals surface area contributed by atoms with Crippen molar-refractivity contribution in [2.45, 2.75) is 69.4 Å². The van der Waals surface area contributed by atoms with Gasteiger partial charge in [-0.2, -0.15) is 0 Å². The minimum Gasteiger partial charge on any atom is -0.433 e. The van der Waals surface area contributed by atoms with E-state index in [9.17, 15) is 4.79 Å². The molecule has 6 atom stereocenters. The van der Waals surface area contributed by atoms with Crippen LogP contribution < -0.4 is 0 Å². The fourth-order valence-corrected chi connectivity index (χ4v) is 5.51. The van der Waals surface area contributed by atoms with Gasteiger partial charge in [-0.05, 0) is 18.4 Å². The zero-order chi connectivity index (χ0) is 16.4. The van der Waals surface area contributed by atoms with Gasteiger partial charge < -0.3 is 18.9 Å². The molecule has 128 valence electrons. The summed E-state index contributed by atoms with van der Waals surface area (Å²) < 4.78 is 24.3. The van der Waals surface area contributed by atoms with E-state index in [4.69, 9.17) is 18.9 Å². The lowest BCUT2D eigenvalue weighted by Crippen LogP contribution is -2.58. The van der Waals surface area contributed by atoms with Gasteiger partial charge in [0, 0.05) is 18.8 Å². The third-order valence-corrected chi connectivity index (χ3v) is 6.30. The van der Waals surface area contributed by atoms with Gasteiger partial charge in [-0.3, -0.25) is 4.79 Å². The monoisotopic (exact) mass is 330 g/mol. The molecule has 3 saturated heterocycles. The van der Waals surface area contributed by atoms with E-state index in [1.54, 1.807) is 0 Å². The van der Waals surface area contributed by atoms with Crippen molar-refractivity contribution >= 4 is 5.97 Å². The van der Waals surface area contributed by atoms with E-state index >= 15 is 0 Å². The van der Waals surface area contributed by atoms with Crippen LogP contribution in [0.15, 0.2) is 30.3 Å². The molecule has 0 radical (unpaired) electrons. The highest BCUT2D eigenvalue weighted by molar-refractivity contribution is 5.66. The second-order valence-corrected chi connectivity index (χ2v) is 7.47. The predicted octanol–water partition coefficient (Wildman–Crippen LogP) is 3.09. The number of hydrogen-bond donors (Lipinski definition) is 0. The molecule has 0 N–H and O–H groups in total. The van der Waals surface area contributed by atoms with Gasteiger partial charge in [-0.15, -0.1) is 0 Å². The second kappa shape index (κ2) is 5.04. The van der Waals surface area contributed by atoms with Crippen molar-refractivity contribution in [1.29, 1.82) is 0 Å². The van der Waals surface area contributed by atoms with E-state index < -0.39 is 11.9 Å². The molecule has 1 spiro atoms. The molecule has 1 aliphatic carbocycles. The van der Waals surface area contributed by atoms with Crippen molar-refractivity contribution in [3.63, 3.8) is 0 Å². The average Bonchev–Trinajstić information content (AvgIpc) is 3.01. The Balaban J connectivity index is 1.61. The van der Waals surface area contributed by atoms with Crippen LogP contribution in [0.25, 0.3) is 0 Å². The fourth-order valence-electron chi connectivity index (χ4n) is 5.51. The van der Waals surface area contributed by atoms with Gasteiger partial charge in [-0.1, -0.05) is 43.2 Å². The molecule has 1 aromatic carbocycles. The highest BCUT2D eigenvalue weighted by Crippen LogP contribution is 2.70. The summed E-state index contributed by atoms with van der Waals surface area (Å²) in [7, 11) is 0. The zero-order valence-electron chi connectivity index (χ0n) is 13.8. The van der Waals surface area contributed by atoms with Crippen LogP contribution in [0.3, 0.4) is 0 Å². The first-order valence-electron chi connectivity index (χ1n) is 8.86. The topological polar surface area (TPSA) is 54.0 Å². The molecule has 1 saturated carbocycles. The Kier molecular flexibility index (Phi) is 3.12. The molecule has 0 aromatic heterocycles. The van der Waals surface area contributed by atoms with Crippen molar-refractivity contribution in [2.24, 2.45) is 5.41 Å². The number of esters is 1. The van der Waals surface area contributed by atoms with Crippen molar-refractivity contribution in [3.8, 4) is 0 Å². The van der Waals surface area contributed by atoms with Crippen molar-refractivity contribution in [1.82, 2.24) is 0 Å². The van der Waals surface area contributed by atoms with Gasteiger partial charge >= 0.3 is 5.97 Å². The van der Waals surface area contributed by atoms with E-state index in [-0.39, 0.29) is 29.9 Å². The molecule has 0 amide bonds. The molecular formula is C19H22O5. The van der Waals surface area contributed by atoms with Gasteiger partial charge in [0.2, 0.25) is 6.29 Å². The van der Waals surface area contributed by atoms with Crippen LogP contribution in [-0.4, -0.2) is 30.3 Å². The summed E-state index contributed by atoms with van der Waals surface area (Å²) >= 11 is 0. The number of ether oxygens (including phenoxy) is 4. The largest absolute Gasteiger partial charge is 0.433 e. The molecule has 5 nitrogen and oxygen atoms in total. The second-order valence-electron chi connectivity index (χ2n) is 7.47. The molecule has 4 aliphatic rings. The summed E-state index contributed by atoms with van der Waals surface area (Å²) in [5.74, 6) is -0.342. The lowest BCUT2D eigenvalue weighted by atomic mass is 9.59. The van der Waals surface area contributed by atoms with Crippen LogP contribution in [0.1, 0.15) is 50.7 Å². The highest BCUT2D eigenvalue weighted by atomic mass is 16.8. The number of carbonyl (C=O) groups excluding carboxylic acids is 1. The number of benzene rings is 1. The smallest absolute Gasteiger partial charge is 0.305 e. The highest BCUT2D eigenvalue weighted by Gasteiger charge is 2.77. The minimum atomic E-state index is -0.671. The number of fused-ring (bicyclic) bond motifs is 1. The van der Waals surface area contributed by atoms with E-state index in [0.29, 0.717) is 0 Å². The molecule has 24 heavy (non-hydrogen) atoms. The standard InChI is InChI=1S/C19H22O5/c1-12(20)21-17-16-19-10-6-5-9-18(19,11-14(22-17)24-19)15(23-16)13-7-3-2-4-8-13/h2-4,7-8,14-17H,5-6,9-11H2,1H3/t14-,15+,16?,17-,18+,19-/m1/s1. The third kappa shape index (κ3) is 1.78. The molecule has 1 unspecified atom stereocenters. The summed E-state index contributed by atoms with van der Waals surface area (Å²) in [6.45, 7) is 1.41. The maximum atomic E-state index is 11.5. The van der Waals surface area contributed by atoms with E-state index in [1.807, 2.05) is 18.2 Å². The van der Waals surface area contributed by atoms with Crippen LogP contribution >= 0.6 is 0 Å². The first-order chi connectivity index (χ1) is 11.6. The number of hydrogen-bond acceptors (Lipinski definition) is 5. The number of carbonyl (C=O) groups is 1. The maximum absolute atomic E-state index is 11.5. The summed E-state index contributed by atoms with van der Waals surface area (Å²) in [6, 6.07) is 10.4. The van der Waals surface area contributed by atoms with Crippen LogP contribution in [0.4, 0.5) is 0 Å². The molecule has 3 aliphatic heterocycles. The quantitative estimate of drug-likeness (QED) is 0.780. The molecule has 5 heteroatoms. The molecular weight excluding hydrogens is 308 g/mol. The first kappa shape index (κ1) is 14.9. The van der Waals surface area contributed by atoms with Crippen molar-refractivity contribution in [3.05, 3.63) is 35.9 Å². The lowest BCUT2D eigenvalue weighted by molar-refractivity contribution is -0.341. The molecule has 1 aromatic rings. The summed E-state index contributed by atoms with van der Waals surface area (Å²) in [6.07, 6.45) is 3.74. The van der Waals surface area contributed by atoms with E-state index in [0.717, 1.165) is 25.7 Å². The predicted molar refractivity (Wildman–Crippen MR) is 83.8 cm³/mol. The summed E-state index contributed by atoms with van der Waals surface area (Å²) in [5, 5.41) is 0. The first-order valence-corrected chi connectivity index (χ1v) is 8.86. The Bertz CT molecular complexity index is 661. The van der Waals surface area contributed by atoms with Crippen LogP contribution in [0, 0.1) is 5.41 Å².